The SMILES string of the molecule is OC1(CC2CC3CCC2C3)CCCOCC1. The first-order chi connectivity index (χ1) is 7.75. The summed E-state index contributed by atoms with van der Waals surface area (Å²) in [4.78, 5) is 0. The molecule has 0 radical (unpaired) electrons. The van der Waals surface area contributed by atoms with Gasteiger partial charge < -0.3 is 9.84 Å². The number of rotatable bonds is 2. The summed E-state index contributed by atoms with van der Waals surface area (Å²) in [6.45, 7) is 1.61. The number of fused-ring (bicyclic) bond motifs is 2. The molecule has 4 atom stereocenters. The fraction of sp³-hybridized carbons (Fsp3) is 1.00. The normalized spacial score (nSPS) is 48.2. The summed E-state index contributed by atoms with van der Waals surface area (Å²) in [5, 5.41) is 10.7. The lowest BCUT2D eigenvalue weighted by Crippen LogP contribution is -2.33. The lowest BCUT2D eigenvalue weighted by Gasteiger charge is -2.32. The van der Waals surface area contributed by atoms with Crippen molar-refractivity contribution in [2.45, 2.75) is 57.0 Å². The van der Waals surface area contributed by atoms with Gasteiger partial charge >= 0.3 is 0 Å². The van der Waals surface area contributed by atoms with E-state index in [4.69, 9.17) is 4.74 Å². The zero-order valence-electron chi connectivity index (χ0n) is 10.2. The van der Waals surface area contributed by atoms with Gasteiger partial charge in [0.2, 0.25) is 0 Å². The third kappa shape index (κ3) is 2.14. The molecule has 2 bridgehead atoms. The standard InChI is InChI=1S/C14H24O2/c15-14(4-1-6-16-7-5-14)10-13-9-11-2-3-12(13)8-11/h11-13,15H,1-10H2. The Kier molecular flexibility index (Phi) is 2.97. The minimum atomic E-state index is -0.397. The van der Waals surface area contributed by atoms with Gasteiger partial charge in [-0.15, -0.1) is 0 Å². The van der Waals surface area contributed by atoms with Gasteiger partial charge in [-0.2, -0.15) is 0 Å². The van der Waals surface area contributed by atoms with Crippen molar-refractivity contribution in [3.8, 4) is 0 Å². The molecule has 3 aliphatic rings. The van der Waals surface area contributed by atoms with E-state index in [1.54, 1.807) is 0 Å². The summed E-state index contributed by atoms with van der Waals surface area (Å²) in [6.07, 6.45) is 9.66. The highest BCUT2D eigenvalue weighted by atomic mass is 16.5. The molecule has 0 aromatic carbocycles. The number of aliphatic hydroxyl groups is 1. The summed E-state index contributed by atoms with van der Waals surface area (Å²) >= 11 is 0. The summed E-state index contributed by atoms with van der Waals surface area (Å²) in [7, 11) is 0. The van der Waals surface area contributed by atoms with Crippen LogP contribution in [0.25, 0.3) is 0 Å². The third-order valence-corrected chi connectivity index (χ3v) is 5.17. The van der Waals surface area contributed by atoms with E-state index >= 15 is 0 Å². The van der Waals surface area contributed by atoms with Gasteiger partial charge in [0.05, 0.1) is 5.60 Å². The van der Waals surface area contributed by atoms with Crippen molar-refractivity contribution in [2.75, 3.05) is 13.2 Å². The van der Waals surface area contributed by atoms with Gasteiger partial charge in [-0.05, 0) is 62.7 Å². The Morgan fingerprint density at radius 3 is 2.81 bits per heavy atom. The largest absolute Gasteiger partial charge is 0.390 e. The minimum absolute atomic E-state index is 0.397. The van der Waals surface area contributed by atoms with Crippen molar-refractivity contribution >= 4 is 0 Å². The average molecular weight is 224 g/mol. The van der Waals surface area contributed by atoms with Gasteiger partial charge in [-0.1, -0.05) is 6.42 Å². The Labute approximate surface area is 98.4 Å². The van der Waals surface area contributed by atoms with E-state index in [9.17, 15) is 5.11 Å². The van der Waals surface area contributed by atoms with Crippen LogP contribution in [0.2, 0.25) is 0 Å². The Morgan fingerprint density at radius 2 is 2.06 bits per heavy atom. The lowest BCUT2D eigenvalue weighted by molar-refractivity contribution is -0.0106. The molecule has 1 aliphatic heterocycles. The van der Waals surface area contributed by atoms with Crippen LogP contribution in [0.1, 0.15) is 51.4 Å². The number of hydrogen-bond acceptors (Lipinski definition) is 2. The molecular formula is C14H24O2. The molecule has 0 aromatic rings. The van der Waals surface area contributed by atoms with E-state index in [-0.39, 0.29) is 0 Å². The van der Waals surface area contributed by atoms with E-state index < -0.39 is 5.60 Å². The molecule has 1 N–H and O–H groups in total. The molecule has 3 fully saturated rings. The number of ether oxygens (including phenoxy) is 1. The van der Waals surface area contributed by atoms with Crippen molar-refractivity contribution in [1.82, 2.24) is 0 Å². The summed E-state index contributed by atoms with van der Waals surface area (Å²) in [5.74, 6) is 2.76. The van der Waals surface area contributed by atoms with Gasteiger partial charge in [0.25, 0.3) is 0 Å². The van der Waals surface area contributed by atoms with Crippen LogP contribution in [0, 0.1) is 17.8 Å². The highest BCUT2D eigenvalue weighted by Gasteiger charge is 2.43. The zero-order valence-corrected chi connectivity index (χ0v) is 10.2. The summed E-state index contributed by atoms with van der Waals surface area (Å²) in [6, 6.07) is 0. The molecule has 4 unspecified atom stereocenters. The van der Waals surface area contributed by atoms with Crippen LogP contribution >= 0.6 is 0 Å². The molecular weight excluding hydrogens is 200 g/mol. The molecule has 2 aliphatic carbocycles. The van der Waals surface area contributed by atoms with Crippen molar-refractivity contribution in [2.24, 2.45) is 17.8 Å². The molecule has 0 aromatic heterocycles. The number of hydrogen-bond donors (Lipinski definition) is 1. The van der Waals surface area contributed by atoms with E-state index in [1.807, 2.05) is 0 Å². The first-order valence-electron chi connectivity index (χ1n) is 7.05. The van der Waals surface area contributed by atoms with Crippen LogP contribution in [-0.4, -0.2) is 23.9 Å². The molecule has 16 heavy (non-hydrogen) atoms. The second-order valence-electron chi connectivity index (χ2n) is 6.33. The van der Waals surface area contributed by atoms with Crippen LogP contribution < -0.4 is 0 Å². The highest BCUT2D eigenvalue weighted by Crippen LogP contribution is 2.51. The fourth-order valence-electron chi connectivity index (χ4n) is 4.31. The molecule has 0 spiro atoms. The molecule has 0 amide bonds. The van der Waals surface area contributed by atoms with Crippen molar-refractivity contribution in [1.29, 1.82) is 0 Å². The predicted molar refractivity (Wildman–Crippen MR) is 63.2 cm³/mol. The van der Waals surface area contributed by atoms with Crippen LogP contribution in [0.4, 0.5) is 0 Å². The molecule has 1 heterocycles. The van der Waals surface area contributed by atoms with E-state index in [0.717, 1.165) is 56.7 Å². The van der Waals surface area contributed by atoms with Crippen molar-refractivity contribution in [3.05, 3.63) is 0 Å². The maximum absolute atomic E-state index is 10.7. The quantitative estimate of drug-likeness (QED) is 0.781. The first kappa shape index (κ1) is 11.0. The second-order valence-corrected chi connectivity index (χ2v) is 6.33. The smallest absolute Gasteiger partial charge is 0.0673 e. The van der Waals surface area contributed by atoms with Gasteiger partial charge in [0, 0.05) is 13.2 Å². The van der Waals surface area contributed by atoms with Crippen LogP contribution in [0.5, 0.6) is 0 Å². The molecule has 1 saturated heterocycles. The van der Waals surface area contributed by atoms with Gasteiger partial charge in [0.1, 0.15) is 0 Å². The van der Waals surface area contributed by atoms with Gasteiger partial charge in [0.15, 0.2) is 0 Å². The molecule has 2 nitrogen and oxygen atoms in total. The third-order valence-electron chi connectivity index (χ3n) is 5.17. The highest BCUT2D eigenvalue weighted by molar-refractivity contribution is 4.94. The predicted octanol–water partition coefficient (Wildman–Crippen LogP) is 2.74. The fourth-order valence-corrected chi connectivity index (χ4v) is 4.31. The van der Waals surface area contributed by atoms with Gasteiger partial charge in [-0.3, -0.25) is 0 Å². The molecule has 92 valence electrons. The Balaban J connectivity index is 1.60. The van der Waals surface area contributed by atoms with Crippen LogP contribution in [-0.2, 0) is 4.74 Å². The van der Waals surface area contributed by atoms with E-state index in [0.29, 0.717) is 0 Å². The van der Waals surface area contributed by atoms with Crippen LogP contribution in [0.3, 0.4) is 0 Å². The first-order valence-corrected chi connectivity index (χ1v) is 7.05. The maximum Gasteiger partial charge on any atom is 0.0673 e. The van der Waals surface area contributed by atoms with E-state index in [1.165, 1.54) is 25.7 Å². The van der Waals surface area contributed by atoms with Crippen molar-refractivity contribution in [3.63, 3.8) is 0 Å². The topological polar surface area (TPSA) is 29.5 Å². The molecule has 3 rings (SSSR count). The lowest BCUT2D eigenvalue weighted by atomic mass is 9.78. The van der Waals surface area contributed by atoms with E-state index in [2.05, 4.69) is 0 Å². The van der Waals surface area contributed by atoms with Crippen molar-refractivity contribution < 1.29 is 9.84 Å². The Morgan fingerprint density at radius 1 is 1.12 bits per heavy atom. The Hall–Kier alpha value is -0.0800. The maximum atomic E-state index is 10.7. The Bertz CT molecular complexity index is 243. The summed E-state index contributed by atoms with van der Waals surface area (Å²) in [5.41, 5.74) is -0.397. The monoisotopic (exact) mass is 224 g/mol. The average Bonchev–Trinajstić information content (AvgIpc) is 2.79. The zero-order chi connectivity index (χ0) is 11.0. The van der Waals surface area contributed by atoms with Gasteiger partial charge in [-0.25, -0.2) is 0 Å². The van der Waals surface area contributed by atoms with Crippen LogP contribution in [0.15, 0.2) is 0 Å². The molecule has 2 heteroatoms. The second kappa shape index (κ2) is 4.30. The minimum Gasteiger partial charge on any atom is -0.390 e. The molecule has 2 saturated carbocycles. The summed E-state index contributed by atoms with van der Waals surface area (Å²) < 4.78 is 5.46.